The van der Waals surface area contributed by atoms with Crippen molar-refractivity contribution in [2.75, 3.05) is 13.7 Å². The molecule has 1 N–H and O–H groups in total. The van der Waals surface area contributed by atoms with Crippen LogP contribution in [0.2, 0.25) is 0 Å². The van der Waals surface area contributed by atoms with Crippen LogP contribution in [0.1, 0.15) is 37.0 Å². The maximum Gasteiger partial charge on any atom is 0.239 e. The number of thioether (sulfide) groups is 1. The fourth-order valence-corrected chi connectivity index (χ4v) is 3.92. The molecular formula is C23H27N3O3S. The number of amidine groups is 1. The van der Waals surface area contributed by atoms with Crippen molar-refractivity contribution in [2.24, 2.45) is 10.2 Å². The van der Waals surface area contributed by atoms with Crippen molar-refractivity contribution in [3.8, 4) is 11.5 Å². The quantitative estimate of drug-likeness (QED) is 0.483. The van der Waals surface area contributed by atoms with Gasteiger partial charge in [0.2, 0.25) is 5.91 Å². The number of nitrogens with one attached hydrogen (secondary N) is 1. The van der Waals surface area contributed by atoms with Gasteiger partial charge in [0, 0.05) is 0 Å². The summed E-state index contributed by atoms with van der Waals surface area (Å²) in [5.41, 5.74) is 3.27. The summed E-state index contributed by atoms with van der Waals surface area (Å²) >= 11 is 1.41. The SMILES string of the molecule is CCCOc1ccc(C=N/N=C2\NC(=O)C(Cc3ccc(CC)cc3)S2)cc1OC. The largest absolute Gasteiger partial charge is 0.493 e. The molecule has 0 spiro atoms. The molecule has 0 saturated carbocycles. The van der Waals surface area contributed by atoms with Crippen LogP contribution < -0.4 is 14.8 Å². The number of ether oxygens (including phenoxy) is 2. The van der Waals surface area contributed by atoms with E-state index >= 15 is 0 Å². The van der Waals surface area contributed by atoms with Crippen LogP contribution in [0, 0.1) is 0 Å². The molecule has 0 aromatic heterocycles. The molecule has 3 rings (SSSR count). The van der Waals surface area contributed by atoms with E-state index in [0.29, 0.717) is 29.7 Å². The zero-order chi connectivity index (χ0) is 21.3. The molecule has 1 heterocycles. The highest BCUT2D eigenvalue weighted by atomic mass is 32.2. The Morgan fingerprint density at radius 1 is 1.10 bits per heavy atom. The van der Waals surface area contributed by atoms with Crippen LogP contribution in [0.25, 0.3) is 0 Å². The second kappa shape index (κ2) is 10.8. The van der Waals surface area contributed by atoms with Crippen LogP contribution in [-0.2, 0) is 17.6 Å². The maximum absolute atomic E-state index is 12.3. The Kier molecular flexibility index (Phi) is 7.90. The third kappa shape index (κ3) is 5.86. The average Bonchev–Trinajstić information content (AvgIpc) is 3.12. The van der Waals surface area contributed by atoms with Crippen molar-refractivity contribution < 1.29 is 14.3 Å². The van der Waals surface area contributed by atoms with Crippen LogP contribution in [0.4, 0.5) is 0 Å². The Morgan fingerprint density at radius 2 is 1.87 bits per heavy atom. The lowest BCUT2D eigenvalue weighted by molar-refractivity contribution is -0.118. The summed E-state index contributed by atoms with van der Waals surface area (Å²) in [6, 6.07) is 14.0. The van der Waals surface area contributed by atoms with Gasteiger partial charge in [-0.15, -0.1) is 5.10 Å². The Labute approximate surface area is 181 Å². The van der Waals surface area contributed by atoms with Crippen LogP contribution in [0.3, 0.4) is 0 Å². The minimum absolute atomic E-state index is 0.0346. The molecule has 1 aliphatic rings. The highest BCUT2D eigenvalue weighted by molar-refractivity contribution is 8.15. The number of carbonyl (C=O) groups excluding carboxylic acids is 1. The molecule has 6 nitrogen and oxygen atoms in total. The first kappa shape index (κ1) is 21.9. The van der Waals surface area contributed by atoms with Crippen molar-refractivity contribution >= 4 is 29.1 Å². The van der Waals surface area contributed by atoms with Gasteiger partial charge in [0.25, 0.3) is 0 Å². The van der Waals surface area contributed by atoms with E-state index in [9.17, 15) is 4.79 Å². The van der Waals surface area contributed by atoms with Crippen molar-refractivity contribution in [3.63, 3.8) is 0 Å². The molecule has 30 heavy (non-hydrogen) atoms. The third-order valence-corrected chi connectivity index (χ3v) is 5.71. The Hall–Kier alpha value is -2.80. The van der Waals surface area contributed by atoms with E-state index in [-0.39, 0.29) is 11.2 Å². The number of amides is 1. The molecule has 2 aromatic rings. The molecule has 1 aliphatic heterocycles. The van der Waals surface area contributed by atoms with Gasteiger partial charge < -0.3 is 14.8 Å². The Balaban J connectivity index is 1.60. The third-order valence-electron chi connectivity index (χ3n) is 4.63. The van der Waals surface area contributed by atoms with Gasteiger partial charge in [0.1, 0.15) is 0 Å². The van der Waals surface area contributed by atoms with Gasteiger partial charge in [-0.1, -0.05) is 49.9 Å². The molecule has 1 amide bonds. The first-order valence-corrected chi connectivity index (χ1v) is 11.0. The van der Waals surface area contributed by atoms with Gasteiger partial charge in [-0.3, -0.25) is 4.79 Å². The number of hydrogen-bond acceptors (Lipinski definition) is 6. The molecule has 1 fully saturated rings. The molecule has 1 atom stereocenters. The van der Waals surface area contributed by atoms with E-state index < -0.39 is 0 Å². The first-order valence-electron chi connectivity index (χ1n) is 10.1. The van der Waals surface area contributed by atoms with E-state index in [1.54, 1.807) is 13.3 Å². The fraction of sp³-hybridized carbons (Fsp3) is 0.348. The summed E-state index contributed by atoms with van der Waals surface area (Å²) in [7, 11) is 1.61. The van der Waals surface area contributed by atoms with E-state index in [1.165, 1.54) is 17.3 Å². The maximum atomic E-state index is 12.3. The van der Waals surface area contributed by atoms with Crippen molar-refractivity contribution in [2.45, 2.75) is 38.4 Å². The smallest absolute Gasteiger partial charge is 0.239 e. The molecule has 0 bridgehead atoms. The fourth-order valence-electron chi connectivity index (χ4n) is 2.96. The minimum Gasteiger partial charge on any atom is -0.493 e. The number of aryl methyl sites for hydroxylation is 1. The highest BCUT2D eigenvalue weighted by Gasteiger charge is 2.30. The van der Waals surface area contributed by atoms with Gasteiger partial charge in [0.15, 0.2) is 16.7 Å². The first-order chi connectivity index (χ1) is 14.6. The molecule has 1 unspecified atom stereocenters. The second-order valence-corrected chi connectivity index (χ2v) is 8.07. The lowest BCUT2D eigenvalue weighted by Crippen LogP contribution is -2.25. The van der Waals surface area contributed by atoms with E-state index in [4.69, 9.17) is 9.47 Å². The predicted molar refractivity (Wildman–Crippen MR) is 123 cm³/mol. The summed E-state index contributed by atoms with van der Waals surface area (Å²) < 4.78 is 11.0. The predicted octanol–water partition coefficient (Wildman–Crippen LogP) is 4.21. The monoisotopic (exact) mass is 425 g/mol. The molecule has 0 radical (unpaired) electrons. The topological polar surface area (TPSA) is 72.3 Å². The van der Waals surface area contributed by atoms with Crippen molar-refractivity contribution in [3.05, 3.63) is 59.2 Å². The summed E-state index contributed by atoms with van der Waals surface area (Å²) in [5.74, 6) is 1.32. The number of carbonyl (C=O) groups is 1. The lowest BCUT2D eigenvalue weighted by Gasteiger charge is -2.10. The summed E-state index contributed by atoms with van der Waals surface area (Å²) in [5, 5.41) is 11.4. The minimum atomic E-state index is -0.193. The number of methoxy groups -OCH3 is 1. The van der Waals surface area contributed by atoms with Crippen LogP contribution >= 0.6 is 11.8 Å². The molecule has 7 heteroatoms. The highest BCUT2D eigenvalue weighted by Crippen LogP contribution is 2.28. The van der Waals surface area contributed by atoms with E-state index in [2.05, 4.69) is 53.6 Å². The molecule has 2 aromatic carbocycles. The van der Waals surface area contributed by atoms with Crippen molar-refractivity contribution in [1.29, 1.82) is 0 Å². The van der Waals surface area contributed by atoms with Gasteiger partial charge in [0.05, 0.1) is 25.2 Å². The molecule has 158 valence electrons. The van der Waals surface area contributed by atoms with Gasteiger partial charge in [-0.05, 0) is 54.2 Å². The molecule has 0 aliphatic carbocycles. The number of benzene rings is 2. The zero-order valence-corrected chi connectivity index (χ0v) is 18.4. The molecule has 1 saturated heterocycles. The van der Waals surface area contributed by atoms with E-state index in [0.717, 1.165) is 24.0 Å². The zero-order valence-electron chi connectivity index (χ0n) is 17.6. The lowest BCUT2D eigenvalue weighted by atomic mass is 10.1. The van der Waals surface area contributed by atoms with Crippen LogP contribution in [0.5, 0.6) is 11.5 Å². The van der Waals surface area contributed by atoms with Gasteiger partial charge >= 0.3 is 0 Å². The molecular weight excluding hydrogens is 398 g/mol. The van der Waals surface area contributed by atoms with Gasteiger partial charge in [-0.2, -0.15) is 5.10 Å². The van der Waals surface area contributed by atoms with Crippen LogP contribution in [-0.4, -0.2) is 36.3 Å². The van der Waals surface area contributed by atoms with Crippen molar-refractivity contribution in [1.82, 2.24) is 5.32 Å². The number of rotatable bonds is 9. The summed E-state index contributed by atoms with van der Waals surface area (Å²) in [6.07, 6.45) is 4.23. The van der Waals surface area contributed by atoms with Crippen LogP contribution in [0.15, 0.2) is 52.7 Å². The summed E-state index contributed by atoms with van der Waals surface area (Å²) in [6.45, 7) is 4.82. The Morgan fingerprint density at radius 3 is 2.57 bits per heavy atom. The average molecular weight is 426 g/mol. The number of nitrogens with zero attached hydrogens (tertiary/aromatic N) is 2. The second-order valence-electron chi connectivity index (χ2n) is 6.88. The standard InChI is InChI=1S/C23H27N3O3S/c1-4-12-29-19-11-10-18(13-20(19)28-3)15-24-26-23-25-22(27)21(30-23)14-17-8-6-16(5-2)7-9-17/h6-11,13,15,21H,4-5,12,14H2,1-3H3,(H,25,26,27). The summed E-state index contributed by atoms with van der Waals surface area (Å²) in [4.78, 5) is 12.3. The number of hydrogen-bond donors (Lipinski definition) is 1. The normalized spacial score (nSPS) is 17.5. The van der Waals surface area contributed by atoms with E-state index in [1.807, 2.05) is 18.2 Å². The van der Waals surface area contributed by atoms with Gasteiger partial charge in [-0.25, -0.2) is 0 Å². The Bertz CT molecular complexity index is 926.